The highest BCUT2D eigenvalue weighted by Gasteiger charge is 2.27. The maximum absolute atomic E-state index is 13.1. The van der Waals surface area contributed by atoms with Crippen LogP contribution in [0.25, 0.3) is 10.4 Å². The molecular weight excluding hydrogens is 452 g/mol. The maximum Gasteiger partial charge on any atom is 0.293 e. The number of nitrogens with one attached hydrogen (secondary N) is 1. The van der Waals surface area contributed by atoms with E-state index in [1.807, 2.05) is 0 Å². The number of hydrogen-bond donors (Lipinski definition) is 1. The summed E-state index contributed by atoms with van der Waals surface area (Å²) in [6.45, 7) is 4.34. The fourth-order valence-electron chi connectivity index (χ4n) is 3.43. The van der Waals surface area contributed by atoms with Crippen LogP contribution in [-0.4, -0.2) is 63.5 Å². The Morgan fingerprint density at radius 2 is 1.97 bits per heavy atom. The van der Waals surface area contributed by atoms with Crippen molar-refractivity contribution in [2.24, 2.45) is 5.11 Å². The number of morpholine rings is 1. The quantitative estimate of drug-likeness (QED) is 0.144. The van der Waals surface area contributed by atoms with Gasteiger partial charge in [0.2, 0.25) is 15.7 Å². The van der Waals surface area contributed by atoms with Crippen molar-refractivity contribution in [3.63, 3.8) is 0 Å². The van der Waals surface area contributed by atoms with E-state index in [0.29, 0.717) is 19.8 Å². The molecular formula is C20H22N6O6S. The molecule has 2 aromatic rings. The van der Waals surface area contributed by atoms with Crippen molar-refractivity contribution < 1.29 is 22.9 Å². The summed E-state index contributed by atoms with van der Waals surface area (Å²) in [7, 11) is -4.30. The largest absolute Gasteiger partial charge is 0.379 e. The van der Waals surface area contributed by atoms with Crippen LogP contribution >= 0.6 is 0 Å². The summed E-state index contributed by atoms with van der Waals surface area (Å²) in [5, 5.41) is 17.6. The predicted octanol–water partition coefficient (Wildman–Crippen LogP) is 3.01. The molecule has 1 aliphatic heterocycles. The molecule has 1 amide bonds. The number of carbonyl (C=O) groups excluding carboxylic acids is 1. The average Bonchev–Trinajstić information content (AvgIpc) is 2.82. The van der Waals surface area contributed by atoms with Gasteiger partial charge in [-0.1, -0.05) is 12.1 Å². The Kier molecular flexibility index (Phi) is 7.96. The molecule has 2 aromatic carbocycles. The lowest BCUT2D eigenvalue weighted by Gasteiger charge is -2.26. The third-order valence-electron chi connectivity index (χ3n) is 5.09. The van der Waals surface area contributed by atoms with Crippen LogP contribution in [-0.2, 0) is 14.6 Å². The second kappa shape index (κ2) is 10.9. The second-order valence-electron chi connectivity index (χ2n) is 7.16. The van der Waals surface area contributed by atoms with Gasteiger partial charge in [-0.15, -0.1) is 0 Å². The molecule has 1 fully saturated rings. The van der Waals surface area contributed by atoms with Gasteiger partial charge in [-0.2, -0.15) is 0 Å². The van der Waals surface area contributed by atoms with Crippen molar-refractivity contribution >= 4 is 27.1 Å². The Labute approximate surface area is 189 Å². The SMILES string of the molecule is [N-]=[N+]=NC(=O)c1ccccc1S(=O)(=O)c1ccc(NCCCN2CCOCC2)c([N+](=O)[O-])c1. The van der Waals surface area contributed by atoms with E-state index in [0.717, 1.165) is 32.1 Å². The molecule has 0 saturated carbocycles. The lowest BCUT2D eigenvalue weighted by Crippen LogP contribution is -2.37. The van der Waals surface area contributed by atoms with Crippen LogP contribution in [0.15, 0.2) is 57.4 Å². The van der Waals surface area contributed by atoms with Crippen LogP contribution in [0.5, 0.6) is 0 Å². The number of ether oxygens (including phenoxy) is 1. The maximum atomic E-state index is 13.1. The third kappa shape index (κ3) is 5.84. The molecule has 3 rings (SSSR count). The van der Waals surface area contributed by atoms with Gasteiger partial charge in [0.15, 0.2) is 0 Å². The molecule has 33 heavy (non-hydrogen) atoms. The van der Waals surface area contributed by atoms with Gasteiger partial charge in [-0.25, -0.2) is 8.42 Å². The highest BCUT2D eigenvalue weighted by molar-refractivity contribution is 7.91. The van der Waals surface area contributed by atoms with Crippen molar-refractivity contribution in [2.75, 3.05) is 44.7 Å². The Balaban J connectivity index is 1.82. The second-order valence-corrected chi connectivity index (χ2v) is 9.08. The van der Waals surface area contributed by atoms with Crippen LogP contribution in [0.2, 0.25) is 0 Å². The molecule has 0 atom stereocenters. The van der Waals surface area contributed by atoms with E-state index in [-0.39, 0.29) is 16.1 Å². The summed E-state index contributed by atoms with van der Waals surface area (Å²) in [5.74, 6) is -1.07. The third-order valence-corrected chi connectivity index (χ3v) is 6.90. The number of carbonyl (C=O) groups is 1. The number of anilines is 1. The van der Waals surface area contributed by atoms with E-state index in [2.05, 4.69) is 20.2 Å². The molecule has 0 spiro atoms. The molecule has 0 aromatic heterocycles. The minimum atomic E-state index is -4.30. The summed E-state index contributed by atoms with van der Waals surface area (Å²) in [4.78, 5) is 26.9. The minimum Gasteiger partial charge on any atom is -0.379 e. The van der Waals surface area contributed by atoms with Crippen molar-refractivity contribution in [1.82, 2.24) is 4.90 Å². The van der Waals surface area contributed by atoms with Gasteiger partial charge in [0, 0.05) is 36.2 Å². The van der Waals surface area contributed by atoms with E-state index in [1.165, 1.54) is 36.4 Å². The molecule has 1 aliphatic rings. The molecule has 0 aliphatic carbocycles. The average molecular weight is 474 g/mol. The molecule has 0 bridgehead atoms. The number of nitro benzene ring substituents is 1. The molecule has 0 radical (unpaired) electrons. The van der Waals surface area contributed by atoms with E-state index >= 15 is 0 Å². The normalized spacial score (nSPS) is 14.3. The first kappa shape index (κ1) is 24.1. The highest BCUT2D eigenvalue weighted by atomic mass is 32.2. The van der Waals surface area contributed by atoms with Gasteiger partial charge in [0.25, 0.3) is 5.69 Å². The smallest absolute Gasteiger partial charge is 0.293 e. The van der Waals surface area contributed by atoms with Gasteiger partial charge in [-0.3, -0.25) is 19.8 Å². The number of nitrogens with zero attached hydrogens (tertiary/aromatic N) is 5. The van der Waals surface area contributed by atoms with E-state index in [4.69, 9.17) is 10.3 Å². The number of amides is 1. The zero-order valence-corrected chi connectivity index (χ0v) is 18.4. The van der Waals surface area contributed by atoms with Crippen molar-refractivity contribution in [1.29, 1.82) is 0 Å². The number of hydrogen-bond acceptors (Lipinski definition) is 8. The molecule has 174 valence electrons. The van der Waals surface area contributed by atoms with Gasteiger partial charge in [-0.05, 0) is 47.9 Å². The molecule has 1 saturated heterocycles. The monoisotopic (exact) mass is 474 g/mol. The van der Waals surface area contributed by atoms with Crippen molar-refractivity contribution in [2.45, 2.75) is 16.2 Å². The number of sulfone groups is 1. The Hall–Kier alpha value is -3.51. The molecule has 0 unspecified atom stereocenters. The predicted molar refractivity (Wildman–Crippen MR) is 119 cm³/mol. The van der Waals surface area contributed by atoms with Crippen LogP contribution in [0.1, 0.15) is 16.8 Å². The van der Waals surface area contributed by atoms with Crippen LogP contribution in [0.3, 0.4) is 0 Å². The Morgan fingerprint density at radius 1 is 1.24 bits per heavy atom. The molecule has 12 nitrogen and oxygen atoms in total. The minimum absolute atomic E-state index is 0.194. The number of nitro groups is 1. The lowest BCUT2D eigenvalue weighted by atomic mass is 10.2. The zero-order valence-electron chi connectivity index (χ0n) is 17.6. The van der Waals surface area contributed by atoms with Gasteiger partial charge in [0.05, 0.1) is 27.9 Å². The first-order valence-electron chi connectivity index (χ1n) is 10.1. The molecule has 13 heteroatoms. The van der Waals surface area contributed by atoms with Crippen molar-refractivity contribution in [3.8, 4) is 0 Å². The van der Waals surface area contributed by atoms with Gasteiger partial charge >= 0.3 is 0 Å². The van der Waals surface area contributed by atoms with E-state index in [9.17, 15) is 23.3 Å². The zero-order chi connectivity index (χ0) is 23.8. The lowest BCUT2D eigenvalue weighted by molar-refractivity contribution is -0.384. The molecule has 1 heterocycles. The summed E-state index contributed by atoms with van der Waals surface area (Å²) >= 11 is 0. The summed E-state index contributed by atoms with van der Waals surface area (Å²) < 4.78 is 31.6. The first-order chi connectivity index (χ1) is 15.8. The van der Waals surface area contributed by atoms with Crippen LogP contribution in [0.4, 0.5) is 11.4 Å². The molecule has 1 N–H and O–H groups in total. The van der Waals surface area contributed by atoms with Crippen LogP contribution < -0.4 is 5.32 Å². The standard InChI is InChI=1S/C20H22N6O6S/c21-24-23-20(27)16-4-1-2-5-19(16)33(30,31)15-6-7-17(18(14-15)26(28)29)22-8-3-9-25-10-12-32-13-11-25/h1-2,4-7,14,22H,3,8-13H2. The topological polar surface area (TPSA) is 168 Å². The number of benzene rings is 2. The fraction of sp³-hybridized carbons (Fsp3) is 0.350. The van der Waals surface area contributed by atoms with Gasteiger partial charge < -0.3 is 10.1 Å². The Bertz CT molecular complexity index is 1190. The summed E-state index contributed by atoms with van der Waals surface area (Å²) in [5.41, 5.74) is 7.97. The summed E-state index contributed by atoms with van der Waals surface area (Å²) in [6.07, 6.45) is 0.742. The highest BCUT2D eigenvalue weighted by Crippen LogP contribution is 2.31. The Morgan fingerprint density at radius 3 is 2.67 bits per heavy atom. The van der Waals surface area contributed by atoms with Crippen LogP contribution in [0, 0.1) is 10.1 Å². The van der Waals surface area contributed by atoms with Gasteiger partial charge in [0.1, 0.15) is 5.69 Å². The van der Waals surface area contributed by atoms with E-state index in [1.54, 1.807) is 0 Å². The number of rotatable bonds is 9. The summed E-state index contributed by atoms with van der Waals surface area (Å²) in [6, 6.07) is 8.74. The van der Waals surface area contributed by atoms with Crippen molar-refractivity contribution in [3.05, 3.63) is 68.6 Å². The first-order valence-corrected chi connectivity index (χ1v) is 11.6. The fourth-order valence-corrected chi connectivity index (χ4v) is 4.90. The number of azide groups is 1. The van der Waals surface area contributed by atoms with E-state index < -0.39 is 31.3 Å².